The van der Waals surface area contributed by atoms with E-state index >= 15 is 0 Å². The Morgan fingerprint density at radius 3 is 2.09 bits per heavy atom. The molecule has 3 heteroatoms. The summed E-state index contributed by atoms with van der Waals surface area (Å²) in [5, 5.41) is 4.84. The van der Waals surface area contributed by atoms with Gasteiger partial charge >= 0.3 is 0 Å². The number of hydrogen-bond donors (Lipinski definition) is 0. The first-order chi connectivity index (χ1) is 22.8. The van der Waals surface area contributed by atoms with E-state index in [1.165, 1.54) is 32.7 Å². The van der Waals surface area contributed by atoms with Crippen molar-refractivity contribution in [1.82, 2.24) is 15.0 Å². The van der Waals surface area contributed by atoms with Crippen molar-refractivity contribution in [1.29, 1.82) is 0 Å². The number of rotatable bonds is 4. The molecule has 2 aromatic heterocycles. The largest absolute Gasteiger partial charge is 0.256 e. The fourth-order valence-corrected chi connectivity index (χ4v) is 7.08. The summed E-state index contributed by atoms with van der Waals surface area (Å²) in [6, 6.07) is 44.9. The highest BCUT2D eigenvalue weighted by molar-refractivity contribution is 6.13. The van der Waals surface area contributed by atoms with E-state index in [1.807, 2.05) is 24.4 Å². The molecule has 0 bridgehead atoms. The van der Waals surface area contributed by atoms with Crippen molar-refractivity contribution in [3.05, 3.63) is 181 Å². The van der Waals surface area contributed by atoms with Gasteiger partial charge in [0.2, 0.25) is 0 Å². The zero-order chi connectivity index (χ0) is 30.5. The summed E-state index contributed by atoms with van der Waals surface area (Å²) in [6.45, 7) is 0. The van der Waals surface area contributed by atoms with Crippen LogP contribution in [0.5, 0.6) is 0 Å². The Morgan fingerprint density at radius 1 is 0.500 bits per heavy atom. The summed E-state index contributed by atoms with van der Waals surface area (Å²) in [5.41, 5.74) is 9.64. The van der Waals surface area contributed by atoms with Crippen molar-refractivity contribution in [3.63, 3.8) is 0 Å². The van der Waals surface area contributed by atoms with E-state index in [4.69, 9.17) is 9.97 Å². The molecule has 2 atom stereocenters. The molecule has 7 aromatic rings. The maximum Gasteiger partial charge on any atom is 0.160 e. The minimum Gasteiger partial charge on any atom is -0.256 e. The summed E-state index contributed by atoms with van der Waals surface area (Å²) >= 11 is 0. The molecular weight excluding hydrogens is 558 g/mol. The summed E-state index contributed by atoms with van der Waals surface area (Å²) in [7, 11) is 0. The monoisotopic (exact) mass is 587 g/mol. The van der Waals surface area contributed by atoms with Gasteiger partial charge in [-0.15, -0.1) is 0 Å². The lowest BCUT2D eigenvalue weighted by molar-refractivity contribution is 0.688. The van der Waals surface area contributed by atoms with Crippen molar-refractivity contribution in [2.24, 2.45) is 5.92 Å². The first kappa shape index (κ1) is 26.5. The van der Waals surface area contributed by atoms with Crippen LogP contribution in [0.2, 0.25) is 0 Å². The van der Waals surface area contributed by atoms with Gasteiger partial charge in [0.15, 0.2) is 5.82 Å². The molecule has 0 fully saturated rings. The van der Waals surface area contributed by atoms with Gasteiger partial charge in [-0.2, -0.15) is 0 Å². The molecule has 0 saturated carbocycles. The minimum atomic E-state index is 0.274. The lowest BCUT2D eigenvalue weighted by Crippen LogP contribution is -2.16. The van der Waals surface area contributed by atoms with Crippen LogP contribution in [0.3, 0.4) is 0 Å². The quantitative estimate of drug-likeness (QED) is 0.192. The van der Waals surface area contributed by atoms with Gasteiger partial charge in [0, 0.05) is 40.3 Å². The first-order valence-corrected chi connectivity index (χ1v) is 15.8. The third-order valence-electron chi connectivity index (χ3n) is 9.30. The highest BCUT2D eigenvalue weighted by Gasteiger charge is 2.29. The fourth-order valence-electron chi connectivity index (χ4n) is 7.08. The van der Waals surface area contributed by atoms with Gasteiger partial charge < -0.3 is 0 Å². The van der Waals surface area contributed by atoms with Crippen molar-refractivity contribution < 1.29 is 0 Å². The molecule has 0 amide bonds. The summed E-state index contributed by atoms with van der Waals surface area (Å²) in [6.07, 6.45) is 13.2. The molecular formula is C43H29N3. The second-order valence-corrected chi connectivity index (χ2v) is 12.0. The average Bonchev–Trinajstić information content (AvgIpc) is 3.14. The Bertz CT molecular complexity index is 2370. The van der Waals surface area contributed by atoms with E-state index in [2.05, 4.69) is 145 Å². The molecule has 0 aliphatic heterocycles. The van der Waals surface area contributed by atoms with E-state index in [0.717, 1.165) is 39.3 Å². The van der Waals surface area contributed by atoms with E-state index < -0.39 is 0 Å². The first-order valence-electron chi connectivity index (χ1n) is 15.8. The third-order valence-corrected chi connectivity index (χ3v) is 9.30. The Balaban J connectivity index is 1.28. The number of benzene rings is 5. The van der Waals surface area contributed by atoms with Crippen LogP contribution in [0.4, 0.5) is 0 Å². The molecule has 2 heterocycles. The van der Waals surface area contributed by atoms with E-state index in [-0.39, 0.29) is 5.92 Å². The van der Waals surface area contributed by atoms with Crippen molar-refractivity contribution in [2.75, 3.05) is 0 Å². The second kappa shape index (κ2) is 10.9. The van der Waals surface area contributed by atoms with Gasteiger partial charge in [-0.25, -0.2) is 9.97 Å². The van der Waals surface area contributed by atoms with Crippen LogP contribution >= 0.6 is 0 Å². The Morgan fingerprint density at radius 2 is 1.22 bits per heavy atom. The van der Waals surface area contributed by atoms with Crippen LogP contribution in [0.25, 0.3) is 61.0 Å². The highest BCUT2D eigenvalue weighted by atomic mass is 14.9. The van der Waals surface area contributed by atoms with Crippen molar-refractivity contribution in [2.45, 2.75) is 5.92 Å². The summed E-state index contributed by atoms with van der Waals surface area (Å²) in [4.78, 5) is 15.1. The molecule has 0 radical (unpaired) electrons. The SMILES string of the molecule is C1=CC2C=C(c3cc(-c4cc5ccccc5c5ccccc45)nc(-c4ccc(-c5ccccn5)cc4)n3)c3ccccc3C2C=C1. The lowest BCUT2D eigenvalue weighted by atomic mass is 9.74. The molecule has 46 heavy (non-hydrogen) atoms. The van der Waals surface area contributed by atoms with Crippen LogP contribution < -0.4 is 0 Å². The zero-order valence-electron chi connectivity index (χ0n) is 25.1. The van der Waals surface area contributed by atoms with E-state index in [0.29, 0.717) is 11.7 Å². The molecule has 0 saturated heterocycles. The Labute approximate surface area is 268 Å². The minimum absolute atomic E-state index is 0.274. The van der Waals surface area contributed by atoms with Gasteiger partial charge in [-0.1, -0.05) is 134 Å². The molecule has 2 unspecified atom stereocenters. The predicted octanol–water partition coefficient (Wildman–Crippen LogP) is 10.5. The topological polar surface area (TPSA) is 38.7 Å². The molecule has 0 spiro atoms. The number of hydrogen-bond acceptors (Lipinski definition) is 3. The molecule has 2 aliphatic rings. The fraction of sp³-hybridized carbons (Fsp3) is 0.0465. The Kier molecular flexibility index (Phi) is 6.27. The maximum absolute atomic E-state index is 5.30. The third kappa shape index (κ3) is 4.48. The molecule has 0 N–H and O–H groups in total. The van der Waals surface area contributed by atoms with Gasteiger partial charge in [-0.05, 0) is 56.9 Å². The molecule has 2 aliphatic carbocycles. The van der Waals surface area contributed by atoms with Crippen LogP contribution in [-0.4, -0.2) is 15.0 Å². The van der Waals surface area contributed by atoms with Crippen molar-refractivity contribution >= 4 is 27.1 Å². The van der Waals surface area contributed by atoms with E-state index in [1.54, 1.807) is 0 Å². The summed E-state index contributed by atoms with van der Waals surface area (Å²) < 4.78 is 0. The second-order valence-electron chi connectivity index (χ2n) is 12.0. The van der Waals surface area contributed by atoms with E-state index in [9.17, 15) is 0 Å². The molecule has 9 rings (SSSR count). The smallest absolute Gasteiger partial charge is 0.160 e. The molecule has 3 nitrogen and oxygen atoms in total. The average molecular weight is 588 g/mol. The van der Waals surface area contributed by atoms with Crippen molar-refractivity contribution in [3.8, 4) is 33.9 Å². The maximum atomic E-state index is 5.30. The highest BCUT2D eigenvalue weighted by Crippen LogP contribution is 2.44. The van der Waals surface area contributed by atoms with Gasteiger partial charge in [0.25, 0.3) is 0 Å². The normalized spacial score (nSPS) is 16.7. The summed E-state index contributed by atoms with van der Waals surface area (Å²) in [5.74, 6) is 1.31. The van der Waals surface area contributed by atoms with Gasteiger partial charge in [-0.3, -0.25) is 4.98 Å². The standard InChI is InChI=1S/C43H29N3/c1-3-13-32-30(11-1)25-38(36-17-7-5-15-34(32)36)41-27-42(39-26-31-12-2-4-14-33(31)35-16-6-8-18-37(35)39)46-43(45-41)29-22-20-28(21-23-29)40-19-9-10-24-44-40/h1-27,30,32H. The van der Waals surface area contributed by atoms with Crippen LogP contribution in [-0.2, 0) is 0 Å². The van der Waals surface area contributed by atoms with Crippen LogP contribution in [0.15, 0.2) is 164 Å². The number of nitrogens with zero attached hydrogens (tertiary/aromatic N) is 3. The van der Waals surface area contributed by atoms with Crippen LogP contribution in [0, 0.1) is 5.92 Å². The number of allylic oxidation sites excluding steroid dienone is 5. The Hall–Kier alpha value is -5.93. The lowest BCUT2D eigenvalue weighted by Gasteiger charge is -2.30. The number of pyridine rings is 1. The number of aromatic nitrogens is 3. The van der Waals surface area contributed by atoms with Gasteiger partial charge in [0.1, 0.15) is 0 Å². The predicted molar refractivity (Wildman–Crippen MR) is 189 cm³/mol. The van der Waals surface area contributed by atoms with Crippen LogP contribution in [0.1, 0.15) is 22.7 Å². The van der Waals surface area contributed by atoms with Gasteiger partial charge in [0.05, 0.1) is 17.1 Å². The number of fused-ring (bicyclic) bond motifs is 6. The molecule has 216 valence electrons. The molecule has 5 aromatic carbocycles. The zero-order valence-corrected chi connectivity index (χ0v) is 25.1.